The van der Waals surface area contributed by atoms with Crippen LogP contribution in [0.2, 0.25) is 0 Å². The first-order chi connectivity index (χ1) is 21.2. The Morgan fingerprint density at radius 3 is 1.98 bits per heavy atom. The van der Waals surface area contributed by atoms with Gasteiger partial charge in [0.1, 0.15) is 26.5 Å². The van der Waals surface area contributed by atoms with Crippen LogP contribution in [0.5, 0.6) is 11.5 Å². The van der Waals surface area contributed by atoms with Crippen LogP contribution in [0.25, 0.3) is 10.8 Å². The first kappa shape index (κ1) is 41.8. The molecular weight excluding hydrogens is 733 g/mol. The van der Waals surface area contributed by atoms with Gasteiger partial charge in [-0.05, 0) is 61.2 Å². The Morgan fingerprint density at radius 1 is 0.854 bits per heavy atom. The number of rotatable bonds is 10. The zero-order chi connectivity index (χ0) is 34.4. The smallest absolute Gasteiger partial charge is 0.870 e. The van der Waals surface area contributed by atoms with Gasteiger partial charge in [0.2, 0.25) is 0 Å². The number of nitrogens with zero attached hydrogens (tertiary/aromatic N) is 2. The number of fused-ring (bicyclic) bond motifs is 1. The molecular formula is C27H23N3Na2O12S4. The van der Waals surface area contributed by atoms with Gasteiger partial charge < -0.3 is 14.4 Å². The molecule has 0 fully saturated rings. The quantitative estimate of drug-likeness (QED) is 0.0998. The third-order valence-corrected chi connectivity index (χ3v) is 11.1. The Hall–Kier alpha value is -2.40. The van der Waals surface area contributed by atoms with Gasteiger partial charge in [-0.25, -0.2) is 25.3 Å². The zero-order valence-electron chi connectivity index (χ0n) is 25.9. The van der Waals surface area contributed by atoms with Crippen molar-refractivity contribution in [1.82, 2.24) is 0 Å². The van der Waals surface area contributed by atoms with Gasteiger partial charge in [-0.3, -0.25) is 9.27 Å². The standard InChI is InChI=1S/C27H25N3O12S4.2Na/c1-5-43(32,33)23-14-22(42-4)20(10-16(23)3)28-29-26-24(46(39,40)41)12-17-11-19(45(36,37)38)13-21(25(17)27(26)31)30-44(34,35)18-8-6-15(2)7-9-18;;/h5-14,30-31H,1H2,2-4H3,(H,36,37,38)(H,39,40,41);;/q;2*+1/p-2. The molecule has 4 rings (SSSR count). The zero-order valence-corrected chi connectivity index (χ0v) is 33.2. The molecule has 0 saturated carbocycles. The minimum Gasteiger partial charge on any atom is -0.870 e. The van der Waals surface area contributed by atoms with Gasteiger partial charge in [-0.1, -0.05) is 30.0 Å². The predicted octanol–water partition coefficient (Wildman–Crippen LogP) is -2.17. The van der Waals surface area contributed by atoms with Gasteiger partial charge in [-0.15, -0.1) is 10.2 Å². The molecule has 0 unspecified atom stereocenters. The number of sulfone groups is 1. The molecule has 0 spiro atoms. The minimum atomic E-state index is -5.29. The third kappa shape index (κ3) is 8.84. The van der Waals surface area contributed by atoms with E-state index in [-0.39, 0.29) is 85.9 Å². The molecule has 0 saturated heterocycles. The molecule has 0 aromatic heterocycles. The van der Waals surface area contributed by atoms with Crippen molar-refractivity contribution in [3.63, 3.8) is 0 Å². The van der Waals surface area contributed by atoms with Gasteiger partial charge in [0.05, 0.1) is 33.2 Å². The van der Waals surface area contributed by atoms with Crippen molar-refractivity contribution in [2.75, 3.05) is 11.8 Å². The largest absolute Gasteiger partial charge is 1.00 e. The molecule has 0 aliphatic heterocycles. The van der Waals surface area contributed by atoms with Crippen LogP contribution in [0.1, 0.15) is 11.1 Å². The second-order valence-electron chi connectivity index (χ2n) is 9.67. The van der Waals surface area contributed by atoms with Crippen LogP contribution in [0, 0.1) is 13.8 Å². The molecule has 21 heteroatoms. The molecule has 0 aliphatic carbocycles. The molecule has 0 amide bonds. The number of aryl methyl sites for hydroxylation is 2. The Bertz CT molecular complexity index is 2400. The van der Waals surface area contributed by atoms with Crippen LogP contribution in [0.4, 0.5) is 17.1 Å². The number of nitrogens with one attached hydrogen (secondary N) is 1. The Morgan fingerprint density at radius 2 is 1.46 bits per heavy atom. The van der Waals surface area contributed by atoms with E-state index in [4.69, 9.17) is 4.74 Å². The summed E-state index contributed by atoms with van der Waals surface area (Å²) in [6.45, 7) is 6.36. The number of hydrogen-bond donors (Lipinski definition) is 2. The number of ether oxygens (including phenoxy) is 1. The number of azo groups is 1. The number of hydrogen-bond acceptors (Lipinski definition) is 13. The molecule has 244 valence electrons. The van der Waals surface area contributed by atoms with E-state index < -0.39 is 77.8 Å². The molecule has 4 aromatic rings. The number of methoxy groups -OCH3 is 1. The van der Waals surface area contributed by atoms with E-state index in [9.17, 15) is 47.9 Å². The third-order valence-electron chi connectivity index (χ3n) is 6.51. The van der Waals surface area contributed by atoms with Crippen molar-refractivity contribution in [3.05, 3.63) is 77.7 Å². The summed E-state index contributed by atoms with van der Waals surface area (Å²) in [6, 6.07) is 9.50. The number of sulfonamides is 1. The van der Waals surface area contributed by atoms with Crippen molar-refractivity contribution in [3.8, 4) is 11.5 Å². The van der Waals surface area contributed by atoms with Crippen LogP contribution in [0.15, 0.2) is 96.4 Å². The molecule has 48 heavy (non-hydrogen) atoms. The predicted molar refractivity (Wildman–Crippen MR) is 162 cm³/mol. The maximum Gasteiger partial charge on any atom is 1.00 e. The fraction of sp³-hybridized carbons (Fsp3) is 0.111. The van der Waals surface area contributed by atoms with E-state index in [1.54, 1.807) is 6.92 Å². The average Bonchev–Trinajstić information content (AvgIpc) is 2.95. The topological polar surface area (TPSA) is 249 Å². The van der Waals surface area contributed by atoms with Gasteiger partial charge >= 0.3 is 59.1 Å². The van der Waals surface area contributed by atoms with E-state index in [0.717, 1.165) is 6.07 Å². The number of benzene rings is 4. The van der Waals surface area contributed by atoms with Gasteiger partial charge in [-0.2, -0.15) is 8.42 Å². The molecule has 0 atom stereocenters. The average molecular weight is 756 g/mol. The summed E-state index contributed by atoms with van der Waals surface area (Å²) < 4.78 is 129. The van der Waals surface area contributed by atoms with Crippen molar-refractivity contribution in [2.45, 2.75) is 33.4 Å². The van der Waals surface area contributed by atoms with Crippen molar-refractivity contribution in [2.24, 2.45) is 10.2 Å². The maximum atomic E-state index is 13.8. The first-order valence-electron chi connectivity index (χ1n) is 12.5. The first-order valence-corrected chi connectivity index (χ1v) is 18.4. The summed E-state index contributed by atoms with van der Waals surface area (Å²) in [5, 5.41) is 20.9. The molecule has 0 bridgehead atoms. The van der Waals surface area contributed by atoms with E-state index in [2.05, 4.69) is 21.5 Å². The molecule has 0 radical (unpaired) electrons. The summed E-state index contributed by atoms with van der Waals surface area (Å²) in [6.07, 6.45) is 0. The summed E-state index contributed by atoms with van der Waals surface area (Å²) in [7, 11) is -17.9. The van der Waals surface area contributed by atoms with Crippen LogP contribution in [0.3, 0.4) is 0 Å². The maximum absolute atomic E-state index is 13.8. The number of anilines is 1. The summed E-state index contributed by atoms with van der Waals surface area (Å²) >= 11 is 0. The second kappa shape index (κ2) is 15.2. The molecule has 0 aliphatic rings. The van der Waals surface area contributed by atoms with E-state index >= 15 is 0 Å². The van der Waals surface area contributed by atoms with E-state index in [1.165, 1.54) is 44.4 Å². The Balaban J connectivity index is 0.00000400. The monoisotopic (exact) mass is 755 g/mol. The van der Waals surface area contributed by atoms with Crippen molar-refractivity contribution in [1.29, 1.82) is 0 Å². The summed E-state index contributed by atoms with van der Waals surface area (Å²) in [4.78, 5) is -2.68. The van der Waals surface area contributed by atoms with Crippen LogP contribution in [-0.2, 0) is 40.1 Å². The van der Waals surface area contributed by atoms with Crippen LogP contribution >= 0.6 is 0 Å². The fourth-order valence-electron chi connectivity index (χ4n) is 4.28. The minimum absolute atomic E-state index is 0. The molecule has 0 heterocycles. The molecule has 15 nitrogen and oxygen atoms in total. The normalized spacial score (nSPS) is 12.3. The van der Waals surface area contributed by atoms with Crippen LogP contribution in [-0.4, -0.2) is 49.9 Å². The summed E-state index contributed by atoms with van der Waals surface area (Å²) in [5.74, 6) is -1.51. The van der Waals surface area contributed by atoms with Crippen LogP contribution < -0.4 is 73.7 Å². The van der Waals surface area contributed by atoms with E-state index in [0.29, 0.717) is 29.2 Å². The summed E-state index contributed by atoms with van der Waals surface area (Å²) in [5.41, 5.74) is -1.09. The Kier molecular flexibility index (Phi) is 13.3. The Labute approximate surface area is 321 Å². The van der Waals surface area contributed by atoms with Crippen molar-refractivity contribution >= 4 is 67.9 Å². The SMILES string of the molecule is C=CS(=O)(=O)c1cc(OC)c(N=Nc2c(S(=O)(=O)O)cc3cc(S(=O)(=O)[O-])cc(NS(=O)(=O)c4ccc(C)cc4)c3c2[O-])cc1C.[Na+].[Na+]. The molecule has 4 aromatic carbocycles. The second-order valence-corrected chi connectivity index (χ2v) is 16.0. The van der Waals surface area contributed by atoms with E-state index in [1.807, 2.05) is 0 Å². The van der Waals surface area contributed by atoms with Gasteiger partial charge in [0, 0.05) is 16.9 Å². The van der Waals surface area contributed by atoms with Gasteiger partial charge in [0.25, 0.3) is 20.1 Å². The molecule has 2 N–H and O–H groups in total. The van der Waals surface area contributed by atoms with Crippen molar-refractivity contribution < 1.29 is 112 Å². The fourth-order valence-corrected chi connectivity index (χ4v) is 7.49. The van der Waals surface area contributed by atoms with Gasteiger partial charge in [0.15, 0.2) is 9.84 Å².